The molecule has 0 amide bonds. The van der Waals surface area contributed by atoms with E-state index < -0.39 is 0 Å². The standard InChI is InChI=1S/C23H39N5O2/c1-3-24-23(25-11-6-12-27-15-17-30-18-16-27)26-19-22(28-13-4-5-14-28)20-7-9-21(29-2)10-8-20/h7-10,22H,3-6,11-19H2,1-2H3,(H2,24,25,26). The lowest BCUT2D eigenvalue weighted by Crippen LogP contribution is -2.41. The van der Waals surface area contributed by atoms with Gasteiger partial charge in [0, 0.05) is 26.2 Å². The van der Waals surface area contributed by atoms with Gasteiger partial charge >= 0.3 is 0 Å². The second-order valence-electron chi connectivity index (χ2n) is 7.99. The SMILES string of the molecule is CCNC(=NCC(c1ccc(OC)cc1)N1CCCC1)NCCCN1CCOCC1. The Hall–Kier alpha value is -1.83. The van der Waals surface area contributed by atoms with Gasteiger partial charge in [-0.1, -0.05) is 12.1 Å². The van der Waals surface area contributed by atoms with Crippen molar-refractivity contribution in [3.05, 3.63) is 29.8 Å². The van der Waals surface area contributed by atoms with E-state index in [1.807, 2.05) is 0 Å². The molecule has 1 atom stereocenters. The number of ether oxygens (including phenoxy) is 2. The number of nitrogens with zero attached hydrogens (tertiary/aromatic N) is 3. The van der Waals surface area contributed by atoms with E-state index in [0.29, 0.717) is 6.04 Å². The smallest absolute Gasteiger partial charge is 0.191 e. The Bertz CT molecular complexity index is 625. The molecule has 2 N–H and O–H groups in total. The predicted octanol–water partition coefficient (Wildman–Crippen LogP) is 2.11. The van der Waals surface area contributed by atoms with E-state index in [1.54, 1.807) is 7.11 Å². The Morgan fingerprint density at radius 1 is 1.10 bits per heavy atom. The highest BCUT2D eigenvalue weighted by atomic mass is 16.5. The van der Waals surface area contributed by atoms with E-state index in [4.69, 9.17) is 14.5 Å². The highest BCUT2D eigenvalue weighted by Crippen LogP contribution is 2.27. The Kier molecular flexibility index (Phi) is 9.73. The first-order chi connectivity index (χ1) is 14.8. The van der Waals surface area contributed by atoms with Crippen LogP contribution < -0.4 is 15.4 Å². The molecular formula is C23H39N5O2. The van der Waals surface area contributed by atoms with Crippen molar-refractivity contribution in [2.24, 2.45) is 4.99 Å². The largest absolute Gasteiger partial charge is 0.497 e. The van der Waals surface area contributed by atoms with Crippen LogP contribution in [0, 0.1) is 0 Å². The second-order valence-corrected chi connectivity index (χ2v) is 7.99. The molecule has 2 saturated heterocycles. The lowest BCUT2D eigenvalue weighted by atomic mass is 10.1. The average molecular weight is 418 g/mol. The van der Waals surface area contributed by atoms with E-state index in [2.05, 4.69) is 51.6 Å². The highest BCUT2D eigenvalue weighted by molar-refractivity contribution is 5.79. The van der Waals surface area contributed by atoms with Gasteiger partial charge in [0.05, 0.1) is 32.9 Å². The summed E-state index contributed by atoms with van der Waals surface area (Å²) in [4.78, 5) is 9.99. The van der Waals surface area contributed by atoms with Gasteiger partial charge in [0.2, 0.25) is 0 Å². The van der Waals surface area contributed by atoms with Crippen LogP contribution in [0.15, 0.2) is 29.3 Å². The predicted molar refractivity (Wildman–Crippen MR) is 122 cm³/mol. The number of nitrogens with one attached hydrogen (secondary N) is 2. The summed E-state index contributed by atoms with van der Waals surface area (Å²) in [5.41, 5.74) is 1.31. The van der Waals surface area contributed by atoms with Gasteiger partial charge in [0.1, 0.15) is 5.75 Å². The number of hydrogen-bond acceptors (Lipinski definition) is 5. The van der Waals surface area contributed by atoms with Gasteiger partial charge in [-0.05, 0) is 63.5 Å². The molecule has 7 heteroatoms. The van der Waals surface area contributed by atoms with Crippen molar-refractivity contribution in [3.63, 3.8) is 0 Å². The molecule has 30 heavy (non-hydrogen) atoms. The fourth-order valence-electron chi connectivity index (χ4n) is 4.16. The van der Waals surface area contributed by atoms with Crippen LogP contribution in [0.3, 0.4) is 0 Å². The molecule has 3 rings (SSSR count). The number of guanidine groups is 1. The first-order valence-electron chi connectivity index (χ1n) is 11.5. The maximum absolute atomic E-state index is 5.42. The van der Waals surface area contributed by atoms with Crippen molar-refractivity contribution in [2.75, 3.05) is 72.7 Å². The first kappa shape index (κ1) is 22.8. The van der Waals surface area contributed by atoms with Crippen molar-refractivity contribution in [1.29, 1.82) is 0 Å². The summed E-state index contributed by atoms with van der Waals surface area (Å²) in [5.74, 6) is 1.81. The molecule has 0 radical (unpaired) electrons. The van der Waals surface area contributed by atoms with Crippen LogP contribution in [0.2, 0.25) is 0 Å². The molecular weight excluding hydrogens is 378 g/mol. The highest BCUT2D eigenvalue weighted by Gasteiger charge is 2.23. The zero-order valence-corrected chi connectivity index (χ0v) is 18.7. The maximum atomic E-state index is 5.42. The quantitative estimate of drug-likeness (QED) is 0.345. The summed E-state index contributed by atoms with van der Waals surface area (Å²) in [5, 5.41) is 6.92. The minimum absolute atomic E-state index is 0.308. The topological polar surface area (TPSA) is 61.4 Å². The number of aliphatic imine (C=N–C) groups is 1. The fraction of sp³-hybridized carbons (Fsp3) is 0.696. The molecule has 0 aromatic heterocycles. The molecule has 0 saturated carbocycles. The van der Waals surface area contributed by atoms with Crippen LogP contribution in [0.4, 0.5) is 0 Å². The van der Waals surface area contributed by atoms with Crippen LogP contribution in [-0.4, -0.2) is 88.4 Å². The molecule has 2 heterocycles. The zero-order chi connectivity index (χ0) is 21.0. The van der Waals surface area contributed by atoms with Gasteiger partial charge in [-0.25, -0.2) is 0 Å². The molecule has 1 aromatic carbocycles. The summed E-state index contributed by atoms with van der Waals surface area (Å²) in [6.45, 7) is 11.9. The Labute approximate surface area is 181 Å². The summed E-state index contributed by atoms with van der Waals surface area (Å²) in [6.07, 6.45) is 3.66. The van der Waals surface area contributed by atoms with Gasteiger partial charge in [-0.2, -0.15) is 0 Å². The van der Waals surface area contributed by atoms with E-state index in [-0.39, 0.29) is 0 Å². The third-order valence-electron chi connectivity index (χ3n) is 5.90. The van der Waals surface area contributed by atoms with E-state index in [0.717, 1.165) is 83.7 Å². The van der Waals surface area contributed by atoms with Crippen LogP contribution >= 0.6 is 0 Å². The van der Waals surface area contributed by atoms with Crippen LogP contribution in [0.25, 0.3) is 0 Å². The maximum Gasteiger partial charge on any atom is 0.191 e. The van der Waals surface area contributed by atoms with Crippen LogP contribution in [-0.2, 0) is 4.74 Å². The van der Waals surface area contributed by atoms with E-state index >= 15 is 0 Å². The van der Waals surface area contributed by atoms with E-state index in [1.165, 1.54) is 18.4 Å². The van der Waals surface area contributed by atoms with Crippen molar-refractivity contribution in [1.82, 2.24) is 20.4 Å². The Morgan fingerprint density at radius 3 is 2.50 bits per heavy atom. The minimum Gasteiger partial charge on any atom is -0.497 e. The normalized spacial score (nSPS) is 19.6. The van der Waals surface area contributed by atoms with Crippen molar-refractivity contribution in [3.8, 4) is 5.75 Å². The summed E-state index contributed by atoms with van der Waals surface area (Å²) in [6, 6.07) is 8.77. The number of rotatable bonds is 10. The molecule has 0 spiro atoms. The molecule has 7 nitrogen and oxygen atoms in total. The zero-order valence-electron chi connectivity index (χ0n) is 18.7. The average Bonchev–Trinajstić information content (AvgIpc) is 3.32. The molecule has 2 fully saturated rings. The summed E-state index contributed by atoms with van der Waals surface area (Å²) < 4.78 is 10.8. The van der Waals surface area contributed by atoms with Gasteiger partial charge in [0.25, 0.3) is 0 Å². The lowest BCUT2D eigenvalue weighted by molar-refractivity contribution is 0.0376. The van der Waals surface area contributed by atoms with Crippen LogP contribution in [0.5, 0.6) is 5.75 Å². The molecule has 2 aliphatic heterocycles. The van der Waals surface area contributed by atoms with E-state index in [9.17, 15) is 0 Å². The van der Waals surface area contributed by atoms with Crippen molar-refractivity contribution >= 4 is 5.96 Å². The van der Waals surface area contributed by atoms with Crippen molar-refractivity contribution in [2.45, 2.75) is 32.2 Å². The fourth-order valence-corrected chi connectivity index (χ4v) is 4.16. The summed E-state index contributed by atoms with van der Waals surface area (Å²) >= 11 is 0. The van der Waals surface area contributed by atoms with Crippen LogP contribution in [0.1, 0.15) is 37.8 Å². The van der Waals surface area contributed by atoms with Gasteiger partial charge in [-0.15, -0.1) is 0 Å². The number of hydrogen-bond donors (Lipinski definition) is 2. The minimum atomic E-state index is 0.308. The third-order valence-corrected chi connectivity index (χ3v) is 5.90. The summed E-state index contributed by atoms with van der Waals surface area (Å²) in [7, 11) is 1.71. The van der Waals surface area contributed by atoms with Gasteiger partial charge < -0.3 is 20.1 Å². The van der Waals surface area contributed by atoms with Gasteiger partial charge in [0.15, 0.2) is 5.96 Å². The monoisotopic (exact) mass is 417 g/mol. The molecule has 1 aromatic rings. The molecule has 2 aliphatic rings. The second kappa shape index (κ2) is 12.8. The Balaban J connectivity index is 1.55. The van der Waals surface area contributed by atoms with Crippen molar-refractivity contribution < 1.29 is 9.47 Å². The first-order valence-corrected chi connectivity index (χ1v) is 11.5. The number of likely N-dealkylation sites (tertiary alicyclic amines) is 1. The number of methoxy groups -OCH3 is 1. The Morgan fingerprint density at radius 2 is 1.83 bits per heavy atom. The molecule has 168 valence electrons. The molecule has 0 aliphatic carbocycles. The number of morpholine rings is 1. The third kappa shape index (κ3) is 7.15. The number of benzene rings is 1. The lowest BCUT2D eigenvalue weighted by Gasteiger charge is -2.27. The molecule has 1 unspecified atom stereocenters. The van der Waals surface area contributed by atoms with Gasteiger partial charge in [-0.3, -0.25) is 14.8 Å². The molecule has 0 bridgehead atoms.